The minimum Gasteiger partial charge on any atom is -0.423 e. The number of benzene rings is 2. The number of nitrogens with one attached hydrogen (secondary N) is 2. The van der Waals surface area contributed by atoms with E-state index in [4.69, 9.17) is 21.9 Å². The Balaban J connectivity index is 0.000000469. The molecule has 1 unspecified atom stereocenters. The number of hydrogen-bond acceptors (Lipinski definition) is 8. The monoisotopic (exact) mass is 622 g/mol. The van der Waals surface area contributed by atoms with E-state index in [1.165, 1.54) is 17.0 Å². The first-order chi connectivity index (χ1) is 20.6. The number of anilines is 1. The second-order valence-electron chi connectivity index (χ2n) is 10.7. The number of carbonyl (C=O) groups is 3. The minimum absolute atomic E-state index is 0.0800. The van der Waals surface area contributed by atoms with Gasteiger partial charge in [-0.15, -0.1) is 0 Å². The van der Waals surface area contributed by atoms with Gasteiger partial charge in [-0.05, 0) is 67.5 Å². The first-order valence-electron chi connectivity index (χ1n) is 14.3. The molecule has 0 radical (unpaired) electrons. The highest BCUT2D eigenvalue weighted by atomic mass is 19.4. The smallest absolute Gasteiger partial charge is 0.423 e. The van der Waals surface area contributed by atoms with Gasteiger partial charge in [0.05, 0.1) is 23.8 Å². The van der Waals surface area contributed by atoms with Crippen LogP contribution in [0.2, 0.25) is 0 Å². The lowest BCUT2D eigenvalue weighted by atomic mass is 9.78. The molecule has 0 aromatic heterocycles. The van der Waals surface area contributed by atoms with E-state index in [-0.39, 0.29) is 25.3 Å². The molecule has 2 aromatic carbocycles. The predicted molar refractivity (Wildman–Crippen MR) is 163 cm³/mol. The highest BCUT2D eigenvalue weighted by Gasteiger charge is 2.40. The predicted octanol–water partition coefficient (Wildman–Crippen LogP) is 0.815. The van der Waals surface area contributed by atoms with E-state index >= 15 is 0 Å². The van der Waals surface area contributed by atoms with E-state index < -0.39 is 42.3 Å². The summed E-state index contributed by atoms with van der Waals surface area (Å²) in [5, 5.41) is 15.2. The van der Waals surface area contributed by atoms with Gasteiger partial charge in [0.2, 0.25) is 17.7 Å². The highest BCUT2D eigenvalue weighted by Crippen LogP contribution is 2.31. The van der Waals surface area contributed by atoms with Gasteiger partial charge in [-0.2, -0.15) is 13.2 Å². The first-order valence-corrected chi connectivity index (χ1v) is 14.3. The molecule has 2 aromatic rings. The molecule has 44 heavy (non-hydrogen) atoms. The van der Waals surface area contributed by atoms with Gasteiger partial charge in [-0.3, -0.25) is 14.4 Å². The fourth-order valence-corrected chi connectivity index (χ4v) is 4.47. The van der Waals surface area contributed by atoms with Crippen LogP contribution in [0.15, 0.2) is 42.5 Å². The van der Waals surface area contributed by atoms with Crippen molar-refractivity contribution in [2.24, 2.45) is 17.2 Å². The Morgan fingerprint density at radius 1 is 1.07 bits per heavy atom. The van der Waals surface area contributed by atoms with Crippen molar-refractivity contribution >= 4 is 36.0 Å². The van der Waals surface area contributed by atoms with Crippen molar-refractivity contribution in [3.8, 4) is 0 Å². The summed E-state index contributed by atoms with van der Waals surface area (Å²) in [5.41, 5.74) is 18.4. The van der Waals surface area contributed by atoms with Crippen LogP contribution in [0.4, 0.5) is 18.9 Å². The summed E-state index contributed by atoms with van der Waals surface area (Å²) in [6.45, 7) is 6.74. The molecule has 1 aliphatic rings. The van der Waals surface area contributed by atoms with E-state index in [9.17, 15) is 32.6 Å². The molecule has 1 heterocycles. The largest absolute Gasteiger partial charge is 0.492 e. The second kappa shape index (κ2) is 16.5. The molecule has 11 nitrogen and oxygen atoms in total. The van der Waals surface area contributed by atoms with Gasteiger partial charge in [0, 0.05) is 38.3 Å². The van der Waals surface area contributed by atoms with Crippen LogP contribution in [0.1, 0.15) is 50.3 Å². The Labute approximate surface area is 255 Å². The van der Waals surface area contributed by atoms with Gasteiger partial charge in [0.25, 0.3) is 0 Å². The number of rotatable bonds is 12. The Morgan fingerprint density at radius 2 is 1.68 bits per heavy atom. The third-order valence-electron chi connectivity index (χ3n) is 6.93. The quantitative estimate of drug-likeness (QED) is 0.188. The number of nitrogens with zero attached hydrogens (tertiary/aromatic N) is 1. The van der Waals surface area contributed by atoms with Gasteiger partial charge in [-0.25, -0.2) is 0 Å². The maximum Gasteiger partial charge on any atom is 0.492 e. The molecule has 0 bridgehead atoms. The van der Waals surface area contributed by atoms with Crippen molar-refractivity contribution in [1.82, 2.24) is 10.2 Å². The van der Waals surface area contributed by atoms with Crippen molar-refractivity contribution < 1.29 is 37.2 Å². The van der Waals surface area contributed by atoms with Crippen molar-refractivity contribution in [1.29, 1.82) is 0 Å². The fraction of sp³-hybridized carbons (Fsp3) is 0.483. The van der Waals surface area contributed by atoms with Gasteiger partial charge >= 0.3 is 13.3 Å². The van der Waals surface area contributed by atoms with Crippen LogP contribution < -0.4 is 33.3 Å². The third-order valence-corrected chi connectivity index (χ3v) is 6.93. The van der Waals surface area contributed by atoms with E-state index in [2.05, 4.69) is 10.6 Å². The Bertz CT molecular complexity index is 1260. The number of amides is 3. The second-order valence-corrected chi connectivity index (χ2v) is 10.7. The molecule has 9 N–H and O–H groups in total. The zero-order valence-corrected chi connectivity index (χ0v) is 25.2. The SMILES string of the molecule is CC1(C)OB(O)c2cc(NC(=O)CNC(=O)C(N)CCC(=O)N(CCN)CCN)ccc21.CCc1ccc(C(F)(F)F)cc1. The standard InChI is InChI=1S/C20H33BN6O5.C9H9F3/c1-20(2)14-4-3-13(11-15(14)21(31)32-20)26-17(28)12-25-19(30)16(24)5-6-18(29)27(9-7-22)10-8-23;1-2-7-3-5-8(6-4-7)9(10,11)12/h3-4,11,16,31H,5-10,12,22-24H2,1-2H3,(H,25,30)(H,26,28);3-6H,2H2,1H3. The molecule has 0 fully saturated rings. The van der Waals surface area contributed by atoms with E-state index in [0.717, 1.165) is 29.7 Å². The average molecular weight is 622 g/mol. The number of aryl methyl sites for hydroxylation is 1. The fourth-order valence-electron chi connectivity index (χ4n) is 4.47. The molecule has 15 heteroatoms. The van der Waals surface area contributed by atoms with Gasteiger partial charge in [0.15, 0.2) is 0 Å². The normalized spacial score (nSPS) is 14.2. The van der Waals surface area contributed by atoms with Crippen LogP contribution in [-0.2, 0) is 37.2 Å². The lowest BCUT2D eigenvalue weighted by molar-refractivity contribution is -0.137. The Kier molecular flexibility index (Phi) is 13.8. The summed E-state index contributed by atoms with van der Waals surface area (Å²) in [6, 6.07) is 9.42. The maximum absolute atomic E-state index is 12.2. The van der Waals surface area contributed by atoms with E-state index in [0.29, 0.717) is 37.3 Å². The molecule has 3 rings (SSSR count). The molecular formula is C29H42BF3N6O5. The topological polar surface area (TPSA) is 186 Å². The number of nitrogens with two attached hydrogens (primary N) is 3. The van der Waals surface area contributed by atoms with Crippen molar-refractivity contribution in [3.63, 3.8) is 0 Å². The summed E-state index contributed by atoms with van der Waals surface area (Å²) in [7, 11) is -1.07. The number of halogens is 3. The van der Waals surface area contributed by atoms with Crippen LogP contribution in [0, 0.1) is 0 Å². The molecule has 0 aliphatic carbocycles. The van der Waals surface area contributed by atoms with Gasteiger partial charge in [-0.1, -0.05) is 25.1 Å². The summed E-state index contributed by atoms with van der Waals surface area (Å²) in [6.07, 6.45) is -3.24. The number of hydrogen-bond donors (Lipinski definition) is 6. The lowest BCUT2D eigenvalue weighted by Crippen LogP contribution is -2.45. The van der Waals surface area contributed by atoms with Crippen LogP contribution in [0.5, 0.6) is 0 Å². The van der Waals surface area contributed by atoms with E-state index in [1.807, 2.05) is 20.8 Å². The van der Waals surface area contributed by atoms with Crippen LogP contribution in [0.25, 0.3) is 0 Å². The van der Waals surface area contributed by atoms with Crippen molar-refractivity contribution in [3.05, 3.63) is 59.2 Å². The van der Waals surface area contributed by atoms with Crippen molar-refractivity contribution in [2.75, 3.05) is 38.0 Å². The van der Waals surface area contributed by atoms with Crippen molar-refractivity contribution in [2.45, 2.75) is 57.9 Å². The maximum atomic E-state index is 12.2. The summed E-state index contributed by atoms with van der Waals surface area (Å²) in [4.78, 5) is 38.1. The lowest BCUT2D eigenvalue weighted by Gasteiger charge is -2.22. The Morgan fingerprint density at radius 3 is 2.23 bits per heavy atom. The van der Waals surface area contributed by atoms with Crippen LogP contribution in [-0.4, -0.2) is 73.5 Å². The summed E-state index contributed by atoms with van der Waals surface area (Å²) >= 11 is 0. The Hall–Kier alpha value is -3.50. The molecule has 1 atom stereocenters. The molecule has 0 saturated heterocycles. The zero-order valence-electron chi connectivity index (χ0n) is 25.2. The van der Waals surface area contributed by atoms with Crippen LogP contribution in [0.3, 0.4) is 0 Å². The molecule has 242 valence electrons. The van der Waals surface area contributed by atoms with Gasteiger partial charge < -0.3 is 42.4 Å². The van der Waals surface area contributed by atoms with Gasteiger partial charge in [0.1, 0.15) is 0 Å². The third kappa shape index (κ3) is 10.9. The van der Waals surface area contributed by atoms with Crippen LogP contribution >= 0.6 is 0 Å². The molecular weight excluding hydrogens is 580 g/mol. The van der Waals surface area contributed by atoms with E-state index in [1.54, 1.807) is 18.2 Å². The summed E-state index contributed by atoms with van der Waals surface area (Å²) in [5.74, 6) is -1.16. The first kappa shape index (κ1) is 36.7. The number of alkyl halides is 3. The zero-order chi connectivity index (χ0) is 33.1. The summed E-state index contributed by atoms with van der Waals surface area (Å²) < 4.78 is 41.6. The molecule has 3 amide bonds. The molecule has 1 aliphatic heterocycles. The average Bonchev–Trinajstić information content (AvgIpc) is 3.21. The number of carbonyl (C=O) groups excluding carboxylic acids is 3. The molecule has 0 saturated carbocycles. The minimum atomic E-state index is -4.22. The number of fused-ring (bicyclic) bond motifs is 1. The molecule has 0 spiro atoms. The highest BCUT2D eigenvalue weighted by molar-refractivity contribution is 6.62.